The van der Waals surface area contributed by atoms with Gasteiger partial charge >= 0.3 is 5.97 Å². The van der Waals surface area contributed by atoms with Crippen LogP contribution in [0.4, 0.5) is 5.88 Å². The molecule has 0 atom stereocenters. The van der Waals surface area contributed by atoms with E-state index in [0.29, 0.717) is 33.6 Å². The molecule has 0 aliphatic rings. The molecule has 0 saturated heterocycles. The molecule has 0 radical (unpaired) electrons. The van der Waals surface area contributed by atoms with E-state index in [4.69, 9.17) is 9.62 Å². The fraction of sp³-hybridized carbons (Fsp3) is 0.0714. The van der Waals surface area contributed by atoms with Crippen LogP contribution in [0.15, 0.2) is 87.9 Å². The number of carbonyl (C=O) groups is 2. The van der Waals surface area contributed by atoms with Crippen LogP contribution < -0.4 is 5.32 Å². The summed E-state index contributed by atoms with van der Waals surface area (Å²) < 4.78 is 8.21. The van der Waals surface area contributed by atoms with E-state index in [9.17, 15) is 14.7 Å². The minimum Gasteiger partial charge on any atom is -0.478 e. The highest BCUT2D eigenvalue weighted by Crippen LogP contribution is 2.42. The molecule has 0 fully saturated rings. The number of aromatic nitrogens is 3. The van der Waals surface area contributed by atoms with Crippen LogP contribution >= 0.6 is 15.9 Å². The first kappa shape index (κ1) is 24.2. The summed E-state index contributed by atoms with van der Waals surface area (Å²) in [4.78, 5) is 25.2. The smallest absolute Gasteiger partial charge is 0.336 e. The van der Waals surface area contributed by atoms with Crippen molar-refractivity contribution < 1.29 is 19.2 Å². The van der Waals surface area contributed by atoms with E-state index in [2.05, 4.69) is 26.4 Å². The number of nitrogens with zero attached hydrogens (tertiary/aromatic N) is 3. The van der Waals surface area contributed by atoms with Gasteiger partial charge in [-0.25, -0.2) is 9.48 Å². The monoisotopic (exact) mass is 556 g/mol. The van der Waals surface area contributed by atoms with Gasteiger partial charge in [0, 0.05) is 21.2 Å². The van der Waals surface area contributed by atoms with E-state index in [0.717, 1.165) is 15.9 Å². The lowest BCUT2D eigenvalue weighted by Gasteiger charge is -2.10. The number of benzene rings is 3. The third-order valence-corrected chi connectivity index (χ3v) is 6.45. The van der Waals surface area contributed by atoms with Crippen LogP contribution in [0.3, 0.4) is 0 Å². The zero-order chi connectivity index (χ0) is 26.1. The number of nitrogens with one attached hydrogen (secondary N) is 1. The number of hydrogen-bond acceptors (Lipinski definition) is 5. The Hall–Kier alpha value is -4.50. The molecule has 0 unspecified atom stereocenters. The number of rotatable bonds is 6. The van der Waals surface area contributed by atoms with E-state index in [1.807, 2.05) is 50.2 Å². The van der Waals surface area contributed by atoms with E-state index < -0.39 is 11.9 Å². The summed E-state index contributed by atoms with van der Waals surface area (Å²) in [6.07, 6.45) is 0. The van der Waals surface area contributed by atoms with Crippen LogP contribution in [0, 0.1) is 13.8 Å². The lowest BCUT2D eigenvalue weighted by Crippen LogP contribution is -2.12. The molecule has 0 bridgehead atoms. The van der Waals surface area contributed by atoms with Crippen molar-refractivity contribution in [2.75, 3.05) is 5.32 Å². The summed E-state index contributed by atoms with van der Waals surface area (Å²) in [5.74, 6) is -1.49. The third kappa shape index (κ3) is 4.56. The van der Waals surface area contributed by atoms with Gasteiger partial charge in [-0.05, 0) is 50.2 Å². The molecule has 8 nitrogen and oxygen atoms in total. The second kappa shape index (κ2) is 9.87. The summed E-state index contributed by atoms with van der Waals surface area (Å²) in [5.41, 5.74) is 4.58. The molecule has 0 spiro atoms. The number of carbonyl (C=O) groups excluding carboxylic acids is 1. The maximum Gasteiger partial charge on any atom is 0.336 e. The van der Waals surface area contributed by atoms with Crippen LogP contribution in [0.1, 0.15) is 32.1 Å². The lowest BCUT2D eigenvalue weighted by atomic mass is 9.95. The van der Waals surface area contributed by atoms with E-state index in [1.54, 1.807) is 41.1 Å². The maximum absolute atomic E-state index is 13.1. The van der Waals surface area contributed by atoms with Crippen LogP contribution in [0.2, 0.25) is 0 Å². The summed E-state index contributed by atoms with van der Waals surface area (Å²) >= 11 is 3.37. The molecule has 5 rings (SSSR count). The topological polar surface area (TPSA) is 110 Å². The Bertz CT molecular complexity index is 1640. The number of amides is 1. The van der Waals surface area contributed by atoms with Crippen LogP contribution in [-0.2, 0) is 0 Å². The fourth-order valence-electron chi connectivity index (χ4n) is 4.29. The number of halogens is 1. The van der Waals surface area contributed by atoms with Gasteiger partial charge < -0.3 is 9.63 Å². The molecular weight excluding hydrogens is 536 g/mol. The quantitative estimate of drug-likeness (QED) is 0.246. The molecule has 5 aromatic rings. The second-order valence-electron chi connectivity index (χ2n) is 8.34. The number of aryl methyl sites for hydroxylation is 1. The number of carboxylic acids is 1. The molecule has 0 aliphatic heterocycles. The van der Waals surface area contributed by atoms with Gasteiger partial charge in [0.1, 0.15) is 5.69 Å². The van der Waals surface area contributed by atoms with E-state index in [-0.39, 0.29) is 11.4 Å². The standard InChI is InChI=1S/C28H21BrN4O4/c1-16-23(17(2)33(31-16)20-11-4-3-5-12-20)25-24(21-13-6-7-14-22(21)28(35)36)27(37-32-25)30-26(34)18-9-8-10-19(29)15-18/h3-15H,1-2H3,(H,30,34)(H,35,36). The van der Waals surface area contributed by atoms with Crippen LogP contribution in [-0.4, -0.2) is 31.9 Å². The zero-order valence-electron chi connectivity index (χ0n) is 19.9. The highest BCUT2D eigenvalue weighted by molar-refractivity contribution is 9.10. The predicted octanol–water partition coefficient (Wildman–Crippen LogP) is 6.52. The average molecular weight is 557 g/mol. The predicted molar refractivity (Wildman–Crippen MR) is 143 cm³/mol. The van der Waals surface area contributed by atoms with Crippen molar-refractivity contribution >= 4 is 33.7 Å². The Morgan fingerprint density at radius 2 is 1.68 bits per heavy atom. The Morgan fingerprint density at radius 3 is 2.41 bits per heavy atom. The van der Waals surface area contributed by atoms with Crippen molar-refractivity contribution in [3.63, 3.8) is 0 Å². The number of anilines is 1. The minimum atomic E-state index is -1.11. The van der Waals surface area contributed by atoms with Gasteiger partial charge in [0.15, 0.2) is 0 Å². The number of aromatic carboxylic acids is 1. The molecule has 9 heteroatoms. The molecule has 2 heterocycles. The molecule has 0 saturated carbocycles. The van der Waals surface area contributed by atoms with E-state index >= 15 is 0 Å². The fourth-order valence-corrected chi connectivity index (χ4v) is 4.69. The summed E-state index contributed by atoms with van der Waals surface area (Å²) in [5, 5.41) is 21.7. The second-order valence-corrected chi connectivity index (χ2v) is 9.26. The molecule has 2 N–H and O–H groups in total. The molecule has 3 aromatic carbocycles. The number of para-hydroxylation sites is 1. The van der Waals surface area contributed by atoms with Crippen LogP contribution in [0.25, 0.3) is 28.1 Å². The molecule has 184 valence electrons. The van der Waals surface area contributed by atoms with E-state index in [1.165, 1.54) is 6.07 Å². The molecule has 37 heavy (non-hydrogen) atoms. The first-order chi connectivity index (χ1) is 17.8. The Labute approximate surface area is 220 Å². The van der Waals surface area contributed by atoms with Gasteiger partial charge in [-0.3, -0.25) is 10.1 Å². The first-order valence-electron chi connectivity index (χ1n) is 11.4. The van der Waals surface area contributed by atoms with Gasteiger partial charge in [-0.1, -0.05) is 63.6 Å². The molecule has 2 aromatic heterocycles. The summed E-state index contributed by atoms with van der Waals surface area (Å²) in [6.45, 7) is 3.76. The normalized spacial score (nSPS) is 10.9. The number of carboxylic acid groups (broad SMARTS) is 1. The van der Waals surface area contributed by atoms with Crippen molar-refractivity contribution in [1.82, 2.24) is 14.9 Å². The Kier molecular flexibility index (Phi) is 6.45. The zero-order valence-corrected chi connectivity index (χ0v) is 21.5. The number of hydrogen-bond donors (Lipinski definition) is 2. The molecule has 0 aliphatic carbocycles. The largest absolute Gasteiger partial charge is 0.478 e. The van der Waals surface area contributed by atoms with Crippen molar-refractivity contribution in [3.8, 4) is 28.1 Å². The highest BCUT2D eigenvalue weighted by Gasteiger charge is 2.28. The SMILES string of the molecule is Cc1nn(-c2ccccc2)c(C)c1-c1noc(NC(=O)c2cccc(Br)c2)c1-c1ccccc1C(=O)O. The minimum absolute atomic E-state index is 0.0416. The lowest BCUT2D eigenvalue weighted by molar-refractivity contribution is 0.0697. The maximum atomic E-state index is 13.1. The van der Waals surface area contributed by atoms with Gasteiger partial charge in [0.25, 0.3) is 5.91 Å². The summed E-state index contributed by atoms with van der Waals surface area (Å²) in [6, 6.07) is 23.1. The first-order valence-corrected chi connectivity index (χ1v) is 12.2. The van der Waals surface area contributed by atoms with Crippen LogP contribution in [0.5, 0.6) is 0 Å². The Morgan fingerprint density at radius 1 is 0.946 bits per heavy atom. The average Bonchev–Trinajstić information content (AvgIpc) is 3.43. The van der Waals surface area contributed by atoms with Gasteiger partial charge in [0.2, 0.25) is 5.88 Å². The third-order valence-electron chi connectivity index (χ3n) is 5.96. The van der Waals surface area contributed by atoms with Gasteiger partial charge in [-0.2, -0.15) is 5.10 Å². The van der Waals surface area contributed by atoms with Crippen molar-refractivity contribution in [3.05, 3.63) is 106 Å². The Balaban J connectivity index is 1.70. The van der Waals surface area contributed by atoms with Gasteiger partial charge in [0.05, 0.1) is 28.2 Å². The highest BCUT2D eigenvalue weighted by atomic mass is 79.9. The van der Waals surface area contributed by atoms with Crippen molar-refractivity contribution in [2.45, 2.75) is 13.8 Å². The van der Waals surface area contributed by atoms with Gasteiger partial charge in [-0.15, -0.1) is 0 Å². The molecular formula is C28H21BrN4O4. The summed E-state index contributed by atoms with van der Waals surface area (Å²) in [7, 11) is 0. The molecule has 1 amide bonds. The van der Waals surface area contributed by atoms with Crippen molar-refractivity contribution in [1.29, 1.82) is 0 Å². The van der Waals surface area contributed by atoms with Crippen molar-refractivity contribution in [2.24, 2.45) is 0 Å².